The van der Waals surface area contributed by atoms with Crippen molar-refractivity contribution in [2.75, 3.05) is 7.05 Å². The Morgan fingerprint density at radius 3 is 2.61 bits per heavy atom. The molecule has 1 atom stereocenters. The van der Waals surface area contributed by atoms with Crippen LogP contribution in [-0.4, -0.2) is 12.0 Å². The van der Waals surface area contributed by atoms with Crippen LogP contribution in [0.5, 0.6) is 0 Å². The van der Waals surface area contributed by atoms with Crippen molar-refractivity contribution in [3.8, 4) is 0 Å². The maximum atomic E-state index is 13.7. The second-order valence-corrected chi connectivity index (χ2v) is 4.58. The van der Waals surface area contributed by atoms with E-state index < -0.39 is 0 Å². The predicted octanol–water partition coefficient (Wildman–Crippen LogP) is 3.84. The summed E-state index contributed by atoms with van der Waals surface area (Å²) in [6, 6.07) is 7.76. The minimum Gasteiger partial charge on any atom is -0.308 e. The highest BCUT2D eigenvalue weighted by Gasteiger charge is 2.18. The topological polar surface area (TPSA) is 24.9 Å². The van der Waals surface area contributed by atoms with E-state index in [0.717, 1.165) is 5.56 Å². The Kier molecular flexibility index (Phi) is 4.17. The van der Waals surface area contributed by atoms with E-state index in [1.165, 1.54) is 6.07 Å². The summed E-state index contributed by atoms with van der Waals surface area (Å²) in [5, 5.41) is 3.92. The van der Waals surface area contributed by atoms with Crippen LogP contribution in [0.4, 0.5) is 4.39 Å². The number of hydrogen-bond donors (Lipinski definition) is 1. The first-order valence-electron chi connectivity index (χ1n) is 5.36. The van der Waals surface area contributed by atoms with Crippen molar-refractivity contribution in [2.45, 2.75) is 6.04 Å². The van der Waals surface area contributed by atoms with Crippen molar-refractivity contribution >= 4 is 23.2 Å². The molecule has 0 saturated carbocycles. The van der Waals surface area contributed by atoms with E-state index in [9.17, 15) is 4.39 Å². The van der Waals surface area contributed by atoms with Gasteiger partial charge in [-0.25, -0.2) is 4.39 Å². The molecule has 0 aliphatic rings. The van der Waals surface area contributed by atoms with Gasteiger partial charge in [-0.05, 0) is 36.9 Å². The Labute approximate surface area is 115 Å². The highest BCUT2D eigenvalue weighted by atomic mass is 35.5. The lowest BCUT2D eigenvalue weighted by molar-refractivity contribution is 0.560. The molecule has 0 aliphatic carbocycles. The molecule has 18 heavy (non-hydrogen) atoms. The molecular weight excluding hydrogens is 274 g/mol. The van der Waals surface area contributed by atoms with Gasteiger partial charge in [-0.3, -0.25) is 4.98 Å². The number of rotatable bonds is 3. The fraction of sp³-hybridized carbons (Fsp3) is 0.154. The van der Waals surface area contributed by atoms with Crippen molar-refractivity contribution < 1.29 is 4.39 Å². The normalized spacial score (nSPS) is 12.4. The van der Waals surface area contributed by atoms with Gasteiger partial charge in [-0.15, -0.1) is 0 Å². The van der Waals surface area contributed by atoms with Gasteiger partial charge in [0.2, 0.25) is 0 Å². The molecule has 0 aliphatic heterocycles. The first kappa shape index (κ1) is 13.3. The lowest BCUT2D eigenvalue weighted by Gasteiger charge is -2.17. The van der Waals surface area contributed by atoms with Crippen molar-refractivity contribution in [1.82, 2.24) is 10.3 Å². The lowest BCUT2D eigenvalue weighted by atomic mass is 10.0. The molecule has 0 spiro atoms. The average Bonchev–Trinajstić information content (AvgIpc) is 2.37. The molecule has 1 N–H and O–H groups in total. The number of nitrogens with zero attached hydrogens (tertiary/aromatic N) is 1. The molecule has 0 radical (unpaired) electrons. The van der Waals surface area contributed by atoms with Crippen LogP contribution in [-0.2, 0) is 0 Å². The minimum absolute atomic E-state index is 0.332. The van der Waals surface area contributed by atoms with Crippen molar-refractivity contribution in [2.24, 2.45) is 0 Å². The minimum atomic E-state index is -0.360. The molecule has 1 aromatic heterocycles. The van der Waals surface area contributed by atoms with Gasteiger partial charge in [-0.1, -0.05) is 29.3 Å². The van der Waals surface area contributed by atoms with Gasteiger partial charge < -0.3 is 5.32 Å². The van der Waals surface area contributed by atoms with Crippen LogP contribution in [0.1, 0.15) is 17.3 Å². The average molecular weight is 285 g/mol. The number of aromatic nitrogens is 1. The summed E-state index contributed by atoms with van der Waals surface area (Å²) in [5.41, 5.74) is 1.14. The van der Waals surface area contributed by atoms with Gasteiger partial charge in [0, 0.05) is 6.20 Å². The molecule has 2 aromatic rings. The maximum Gasteiger partial charge on any atom is 0.146 e. The van der Waals surface area contributed by atoms with Gasteiger partial charge in [-0.2, -0.15) is 0 Å². The number of halogens is 3. The summed E-state index contributed by atoms with van der Waals surface area (Å²) in [7, 11) is 1.74. The van der Waals surface area contributed by atoms with E-state index in [1.54, 1.807) is 37.5 Å². The Morgan fingerprint density at radius 1 is 1.22 bits per heavy atom. The van der Waals surface area contributed by atoms with Gasteiger partial charge >= 0.3 is 0 Å². The molecule has 0 fully saturated rings. The van der Waals surface area contributed by atoms with E-state index in [4.69, 9.17) is 23.2 Å². The summed E-state index contributed by atoms with van der Waals surface area (Å²) in [4.78, 5) is 4.06. The monoisotopic (exact) mass is 284 g/mol. The Hall–Kier alpha value is -1.16. The lowest BCUT2D eigenvalue weighted by Crippen LogP contribution is -2.20. The summed E-state index contributed by atoms with van der Waals surface area (Å²) in [5.74, 6) is -0.358. The van der Waals surface area contributed by atoms with E-state index in [0.29, 0.717) is 15.7 Å². The second-order valence-electron chi connectivity index (χ2n) is 3.77. The second kappa shape index (κ2) is 5.65. The molecule has 1 heterocycles. The first-order valence-corrected chi connectivity index (χ1v) is 6.11. The van der Waals surface area contributed by atoms with E-state index in [-0.39, 0.29) is 11.9 Å². The number of hydrogen-bond acceptors (Lipinski definition) is 2. The highest BCUT2D eigenvalue weighted by molar-refractivity contribution is 6.42. The van der Waals surface area contributed by atoms with E-state index >= 15 is 0 Å². The highest BCUT2D eigenvalue weighted by Crippen LogP contribution is 2.28. The molecular formula is C13H11Cl2FN2. The van der Waals surface area contributed by atoms with Crippen molar-refractivity contribution in [1.29, 1.82) is 0 Å². The fourth-order valence-electron chi connectivity index (χ4n) is 1.76. The molecule has 2 nitrogen and oxygen atoms in total. The molecule has 1 aromatic carbocycles. The molecule has 5 heteroatoms. The maximum absolute atomic E-state index is 13.7. The third-order valence-electron chi connectivity index (χ3n) is 2.63. The van der Waals surface area contributed by atoms with Crippen molar-refractivity contribution in [3.63, 3.8) is 0 Å². The molecule has 0 saturated heterocycles. The molecule has 0 bridgehead atoms. The Morgan fingerprint density at radius 2 is 2.00 bits per heavy atom. The Balaban J connectivity index is 2.45. The van der Waals surface area contributed by atoms with Crippen LogP contribution in [0.15, 0.2) is 36.5 Å². The zero-order valence-corrected chi connectivity index (χ0v) is 11.1. The quantitative estimate of drug-likeness (QED) is 0.926. The fourth-order valence-corrected chi connectivity index (χ4v) is 2.07. The third-order valence-corrected chi connectivity index (χ3v) is 3.37. The van der Waals surface area contributed by atoms with E-state index in [2.05, 4.69) is 10.3 Å². The van der Waals surface area contributed by atoms with E-state index in [1.807, 2.05) is 0 Å². The van der Waals surface area contributed by atoms with Crippen LogP contribution in [0.2, 0.25) is 10.0 Å². The molecule has 94 valence electrons. The van der Waals surface area contributed by atoms with Gasteiger partial charge in [0.05, 0.1) is 21.8 Å². The third kappa shape index (κ3) is 2.64. The zero-order chi connectivity index (χ0) is 13.1. The van der Waals surface area contributed by atoms with Crippen LogP contribution in [0.3, 0.4) is 0 Å². The Bertz CT molecular complexity index is 560. The van der Waals surface area contributed by atoms with Gasteiger partial charge in [0.1, 0.15) is 5.82 Å². The van der Waals surface area contributed by atoms with Gasteiger partial charge in [0.15, 0.2) is 0 Å². The number of pyridine rings is 1. The summed E-state index contributed by atoms with van der Waals surface area (Å²) in [6.45, 7) is 0. The molecule has 1 unspecified atom stereocenters. The summed E-state index contributed by atoms with van der Waals surface area (Å²) >= 11 is 11.8. The standard InChI is InChI=1S/C13H11Cl2FN2/c1-17-12(13-11(16)3-2-6-18-13)8-4-5-9(14)10(15)7-8/h2-7,12,17H,1H3. The zero-order valence-electron chi connectivity index (χ0n) is 9.62. The number of benzene rings is 1. The largest absolute Gasteiger partial charge is 0.308 e. The smallest absolute Gasteiger partial charge is 0.146 e. The van der Waals surface area contributed by atoms with Crippen molar-refractivity contribution in [3.05, 3.63) is 63.6 Å². The van der Waals surface area contributed by atoms with Crippen LogP contribution in [0.25, 0.3) is 0 Å². The number of nitrogens with one attached hydrogen (secondary N) is 1. The van der Waals surface area contributed by atoms with Gasteiger partial charge in [0.25, 0.3) is 0 Å². The predicted molar refractivity (Wildman–Crippen MR) is 71.6 cm³/mol. The van der Waals surface area contributed by atoms with Crippen LogP contribution in [0, 0.1) is 5.82 Å². The summed E-state index contributed by atoms with van der Waals surface area (Å²) < 4.78 is 13.7. The molecule has 0 amide bonds. The molecule has 2 rings (SSSR count). The van der Waals surface area contributed by atoms with Crippen LogP contribution >= 0.6 is 23.2 Å². The first-order chi connectivity index (χ1) is 8.63. The van der Waals surface area contributed by atoms with Crippen LogP contribution < -0.4 is 5.32 Å². The SMILES string of the molecule is CNC(c1ccc(Cl)c(Cl)c1)c1ncccc1F. The summed E-state index contributed by atoms with van der Waals surface area (Å²) in [6.07, 6.45) is 1.56.